The Bertz CT molecular complexity index is 1440. The SMILES string of the molecule is Cc1ccc(S(=O)(=O)N[C@@H](CC(=O)O)C(=O)NCCCC[C@@H](C(=O)O)N(CC(C)C)S(=O)(=O)c2ccc(C)cc2)cc1. The number of benzene rings is 2. The summed E-state index contributed by atoms with van der Waals surface area (Å²) < 4.78 is 55.3. The Kier molecular flexibility index (Phi) is 12.6. The van der Waals surface area contributed by atoms with Crippen molar-refractivity contribution < 1.29 is 41.4 Å². The Balaban J connectivity index is 2.06. The van der Waals surface area contributed by atoms with Gasteiger partial charge in [-0.3, -0.25) is 14.4 Å². The van der Waals surface area contributed by atoms with Crippen LogP contribution in [0.1, 0.15) is 50.7 Å². The number of hydrogen-bond donors (Lipinski definition) is 4. The second-order valence-corrected chi connectivity index (χ2v) is 14.1. The van der Waals surface area contributed by atoms with Gasteiger partial charge in [0, 0.05) is 13.1 Å². The molecule has 0 unspecified atom stereocenters. The second-order valence-electron chi connectivity index (χ2n) is 10.5. The van der Waals surface area contributed by atoms with Crippen LogP contribution in [0.15, 0.2) is 58.3 Å². The highest BCUT2D eigenvalue weighted by Crippen LogP contribution is 2.23. The molecule has 2 aromatic rings. The molecule has 2 rings (SSSR count). The molecule has 0 fully saturated rings. The van der Waals surface area contributed by atoms with Crippen molar-refractivity contribution >= 4 is 37.9 Å². The average molecular weight is 626 g/mol. The van der Waals surface area contributed by atoms with Crippen LogP contribution in [-0.2, 0) is 34.4 Å². The summed E-state index contributed by atoms with van der Waals surface area (Å²) in [5.41, 5.74) is 1.67. The van der Waals surface area contributed by atoms with Crippen molar-refractivity contribution in [2.24, 2.45) is 5.92 Å². The van der Waals surface area contributed by atoms with E-state index in [9.17, 15) is 41.4 Å². The number of amides is 1. The van der Waals surface area contributed by atoms with Crippen molar-refractivity contribution in [1.29, 1.82) is 0 Å². The summed E-state index contributed by atoms with van der Waals surface area (Å²) in [4.78, 5) is 36.1. The van der Waals surface area contributed by atoms with Gasteiger partial charge in [-0.05, 0) is 63.3 Å². The van der Waals surface area contributed by atoms with Crippen LogP contribution in [0, 0.1) is 19.8 Å². The normalized spacial score (nSPS) is 13.6. The predicted octanol–water partition coefficient (Wildman–Crippen LogP) is 2.51. The third-order valence-corrected chi connectivity index (χ3v) is 9.71. The lowest BCUT2D eigenvalue weighted by molar-refractivity contribution is -0.142. The summed E-state index contributed by atoms with van der Waals surface area (Å²) >= 11 is 0. The lowest BCUT2D eigenvalue weighted by Crippen LogP contribution is -2.48. The Morgan fingerprint density at radius 3 is 1.83 bits per heavy atom. The van der Waals surface area contributed by atoms with Gasteiger partial charge in [0.05, 0.1) is 16.2 Å². The van der Waals surface area contributed by atoms with E-state index in [-0.39, 0.29) is 48.1 Å². The number of nitrogens with one attached hydrogen (secondary N) is 2. The van der Waals surface area contributed by atoms with Crippen molar-refractivity contribution in [3.63, 3.8) is 0 Å². The smallest absolute Gasteiger partial charge is 0.322 e. The number of carbonyl (C=O) groups excluding carboxylic acids is 1. The van der Waals surface area contributed by atoms with E-state index in [1.165, 1.54) is 24.3 Å². The molecule has 42 heavy (non-hydrogen) atoms. The van der Waals surface area contributed by atoms with Gasteiger partial charge in [-0.15, -0.1) is 0 Å². The fraction of sp³-hybridized carbons (Fsp3) is 0.464. The highest BCUT2D eigenvalue weighted by Gasteiger charge is 2.36. The molecular weight excluding hydrogens is 586 g/mol. The van der Waals surface area contributed by atoms with Crippen LogP contribution < -0.4 is 10.0 Å². The molecule has 0 saturated carbocycles. The third kappa shape index (κ3) is 10.2. The molecule has 0 bridgehead atoms. The molecule has 0 saturated heterocycles. The zero-order chi connectivity index (χ0) is 31.7. The molecule has 232 valence electrons. The van der Waals surface area contributed by atoms with E-state index in [1.54, 1.807) is 45.0 Å². The topological polar surface area (TPSA) is 187 Å². The number of unbranched alkanes of at least 4 members (excludes halogenated alkanes) is 1. The first-order valence-corrected chi connectivity index (χ1v) is 16.4. The quantitative estimate of drug-likeness (QED) is 0.192. The summed E-state index contributed by atoms with van der Waals surface area (Å²) in [5, 5.41) is 21.6. The zero-order valence-electron chi connectivity index (χ0n) is 24.1. The van der Waals surface area contributed by atoms with E-state index < -0.39 is 56.4 Å². The summed E-state index contributed by atoms with van der Waals surface area (Å²) in [5.74, 6) is -3.69. The fourth-order valence-corrected chi connectivity index (χ4v) is 7.09. The van der Waals surface area contributed by atoms with E-state index in [0.717, 1.165) is 15.4 Å². The standard InChI is InChI=1S/C28H39N3O9S2/c1-19(2)18-31(42(39,40)23-14-10-21(4)11-15-23)25(28(35)36)7-5-6-16-29-27(34)24(17-26(32)33)30-41(37,38)22-12-8-20(3)9-13-22/h8-15,19,24-25,30H,5-7,16-18H2,1-4H3,(H,29,34)(H,32,33)(H,35,36)/t24-,25-/m0/s1. The molecule has 4 N–H and O–H groups in total. The average Bonchev–Trinajstić information content (AvgIpc) is 2.89. The van der Waals surface area contributed by atoms with Crippen LogP contribution >= 0.6 is 0 Å². The maximum Gasteiger partial charge on any atom is 0.322 e. The number of carboxylic acid groups (broad SMARTS) is 2. The number of carbonyl (C=O) groups is 3. The Morgan fingerprint density at radius 2 is 1.36 bits per heavy atom. The van der Waals surface area contributed by atoms with Gasteiger partial charge in [-0.2, -0.15) is 9.03 Å². The molecule has 0 radical (unpaired) electrons. The maximum absolute atomic E-state index is 13.4. The van der Waals surface area contributed by atoms with Crippen LogP contribution in [-0.4, -0.2) is 74.4 Å². The number of nitrogens with zero attached hydrogens (tertiary/aromatic N) is 1. The first-order valence-electron chi connectivity index (χ1n) is 13.4. The Labute approximate surface area is 247 Å². The number of hydrogen-bond acceptors (Lipinski definition) is 7. The minimum absolute atomic E-state index is 0.00942. The zero-order valence-corrected chi connectivity index (χ0v) is 25.7. The number of aliphatic carboxylic acids is 2. The first-order chi connectivity index (χ1) is 19.5. The van der Waals surface area contributed by atoms with E-state index in [0.29, 0.717) is 0 Å². The van der Waals surface area contributed by atoms with E-state index in [1.807, 2.05) is 6.92 Å². The van der Waals surface area contributed by atoms with E-state index in [4.69, 9.17) is 0 Å². The minimum Gasteiger partial charge on any atom is -0.481 e. The van der Waals surface area contributed by atoms with Gasteiger partial charge in [-0.1, -0.05) is 49.2 Å². The fourth-order valence-electron chi connectivity index (χ4n) is 4.12. The molecule has 0 aromatic heterocycles. The van der Waals surface area contributed by atoms with Crippen molar-refractivity contribution in [2.45, 2.75) is 75.3 Å². The molecule has 0 aliphatic rings. The van der Waals surface area contributed by atoms with Crippen molar-refractivity contribution in [2.75, 3.05) is 13.1 Å². The van der Waals surface area contributed by atoms with Crippen LogP contribution in [0.3, 0.4) is 0 Å². The van der Waals surface area contributed by atoms with Crippen molar-refractivity contribution in [1.82, 2.24) is 14.3 Å². The largest absolute Gasteiger partial charge is 0.481 e. The molecule has 0 aliphatic carbocycles. The lowest BCUT2D eigenvalue weighted by atomic mass is 10.1. The third-order valence-electron chi connectivity index (χ3n) is 6.33. The van der Waals surface area contributed by atoms with Crippen molar-refractivity contribution in [3.05, 3.63) is 59.7 Å². The lowest BCUT2D eigenvalue weighted by Gasteiger charge is -2.29. The monoisotopic (exact) mass is 625 g/mol. The first kappa shape index (κ1) is 34.9. The molecule has 1 amide bonds. The predicted molar refractivity (Wildman–Crippen MR) is 156 cm³/mol. The Morgan fingerprint density at radius 1 is 0.833 bits per heavy atom. The summed E-state index contributed by atoms with van der Waals surface area (Å²) in [6.45, 7) is 7.13. The molecule has 2 aromatic carbocycles. The molecular formula is C28H39N3O9S2. The van der Waals surface area contributed by atoms with Crippen molar-refractivity contribution in [3.8, 4) is 0 Å². The summed E-state index contributed by atoms with van der Waals surface area (Å²) in [6, 6.07) is 9.03. The van der Waals surface area contributed by atoms with Gasteiger partial charge in [-0.25, -0.2) is 16.8 Å². The van der Waals surface area contributed by atoms with Gasteiger partial charge >= 0.3 is 11.9 Å². The Hall–Kier alpha value is -3.33. The van der Waals surface area contributed by atoms with Crippen LogP contribution in [0.5, 0.6) is 0 Å². The number of sulfonamides is 2. The van der Waals surface area contributed by atoms with Crippen LogP contribution in [0.25, 0.3) is 0 Å². The molecule has 0 heterocycles. The molecule has 14 heteroatoms. The number of rotatable bonds is 17. The van der Waals surface area contributed by atoms with Gasteiger partial charge in [0.1, 0.15) is 12.1 Å². The molecule has 2 atom stereocenters. The van der Waals surface area contributed by atoms with Gasteiger partial charge < -0.3 is 15.5 Å². The summed E-state index contributed by atoms with van der Waals surface area (Å²) in [6.07, 6.45) is -0.380. The summed E-state index contributed by atoms with van der Waals surface area (Å²) in [7, 11) is -8.30. The molecule has 12 nitrogen and oxygen atoms in total. The van der Waals surface area contributed by atoms with Gasteiger partial charge in [0.2, 0.25) is 26.0 Å². The number of aryl methyl sites for hydroxylation is 2. The molecule has 0 aliphatic heterocycles. The highest BCUT2D eigenvalue weighted by atomic mass is 32.2. The highest BCUT2D eigenvalue weighted by molar-refractivity contribution is 7.89. The van der Waals surface area contributed by atoms with E-state index in [2.05, 4.69) is 10.0 Å². The van der Waals surface area contributed by atoms with E-state index >= 15 is 0 Å². The maximum atomic E-state index is 13.4. The van der Waals surface area contributed by atoms with Crippen LogP contribution in [0.4, 0.5) is 0 Å². The van der Waals surface area contributed by atoms with Gasteiger partial charge in [0.25, 0.3) is 0 Å². The second kappa shape index (κ2) is 15.2. The molecule has 0 spiro atoms. The van der Waals surface area contributed by atoms with Crippen LogP contribution in [0.2, 0.25) is 0 Å². The number of carboxylic acids is 2. The minimum atomic E-state index is -4.18. The van der Waals surface area contributed by atoms with Gasteiger partial charge in [0.15, 0.2) is 0 Å².